The zero-order valence-electron chi connectivity index (χ0n) is 7.42. The van der Waals surface area contributed by atoms with Crippen LogP contribution in [0.1, 0.15) is 25.7 Å². The SMILES string of the molecule is Fc1c[c]c(OC2CCCC2)cc1. The van der Waals surface area contributed by atoms with Crippen LogP contribution in [0.25, 0.3) is 0 Å². The van der Waals surface area contributed by atoms with Crippen LogP contribution < -0.4 is 4.74 Å². The monoisotopic (exact) mass is 179 g/mol. The van der Waals surface area contributed by atoms with E-state index in [1.165, 1.54) is 25.0 Å². The minimum absolute atomic E-state index is 0.265. The van der Waals surface area contributed by atoms with Crippen LogP contribution in [0.2, 0.25) is 0 Å². The predicted octanol–water partition coefficient (Wildman–Crippen LogP) is 2.95. The van der Waals surface area contributed by atoms with Crippen molar-refractivity contribution in [3.8, 4) is 5.75 Å². The van der Waals surface area contributed by atoms with Crippen molar-refractivity contribution in [2.24, 2.45) is 0 Å². The van der Waals surface area contributed by atoms with Crippen molar-refractivity contribution in [3.05, 3.63) is 30.1 Å². The standard InChI is InChI=1S/C11H12FO/c12-9-5-7-11(8-6-9)13-10-3-1-2-4-10/h5-7,10H,1-4H2. The van der Waals surface area contributed by atoms with Crippen LogP contribution in [-0.4, -0.2) is 6.10 Å². The highest BCUT2D eigenvalue weighted by atomic mass is 19.1. The molecule has 69 valence electrons. The van der Waals surface area contributed by atoms with Gasteiger partial charge in [-0.1, -0.05) is 0 Å². The molecule has 0 aliphatic heterocycles. The lowest BCUT2D eigenvalue weighted by Gasteiger charge is -2.11. The van der Waals surface area contributed by atoms with E-state index in [1.54, 1.807) is 6.07 Å². The van der Waals surface area contributed by atoms with E-state index >= 15 is 0 Å². The normalized spacial score (nSPS) is 17.6. The van der Waals surface area contributed by atoms with E-state index in [-0.39, 0.29) is 5.82 Å². The first kappa shape index (κ1) is 8.54. The third-order valence-electron chi connectivity index (χ3n) is 2.34. The summed E-state index contributed by atoms with van der Waals surface area (Å²) >= 11 is 0. The van der Waals surface area contributed by atoms with Crippen molar-refractivity contribution in [2.75, 3.05) is 0 Å². The van der Waals surface area contributed by atoms with Gasteiger partial charge in [0.15, 0.2) is 0 Å². The van der Waals surface area contributed by atoms with Crippen LogP contribution in [0.5, 0.6) is 5.75 Å². The van der Waals surface area contributed by atoms with Gasteiger partial charge < -0.3 is 4.74 Å². The predicted molar refractivity (Wildman–Crippen MR) is 48.1 cm³/mol. The summed E-state index contributed by atoms with van der Waals surface area (Å²) in [6.07, 6.45) is 5.04. The molecule has 0 heterocycles. The molecule has 0 aromatic heterocycles. The van der Waals surface area contributed by atoms with Gasteiger partial charge in [0, 0.05) is 6.07 Å². The van der Waals surface area contributed by atoms with Crippen LogP contribution in [-0.2, 0) is 0 Å². The van der Waals surface area contributed by atoms with Crippen molar-refractivity contribution in [1.29, 1.82) is 0 Å². The molecule has 0 atom stereocenters. The Hall–Kier alpha value is -1.05. The molecule has 0 unspecified atom stereocenters. The first-order valence-electron chi connectivity index (χ1n) is 4.68. The molecule has 0 saturated heterocycles. The van der Waals surface area contributed by atoms with Crippen LogP contribution in [0, 0.1) is 11.9 Å². The second kappa shape index (κ2) is 3.77. The fourth-order valence-electron chi connectivity index (χ4n) is 1.65. The van der Waals surface area contributed by atoms with Gasteiger partial charge in [-0.25, -0.2) is 4.39 Å². The molecule has 0 amide bonds. The molecular weight excluding hydrogens is 167 g/mol. The Kier molecular flexibility index (Phi) is 2.48. The Morgan fingerprint density at radius 1 is 1.31 bits per heavy atom. The average Bonchev–Trinajstić information content (AvgIpc) is 2.62. The first-order valence-corrected chi connectivity index (χ1v) is 4.68. The van der Waals surface area contributed by atoms with Gasteiger partial charge in [-0.3, -0.25) is 0 Å². The van der Waals surface area contributed by atoms with Gasteiger partial charge in [0.2, 0.25) is 0 Å². The van der Waals surface area contributed by atoms with Gasteiger partial charge in [-0.2, -0.15) is 0 Å². The van der Waals surface area contributed by atoms with Gasteiger partial charge in [0.05, 0.1) is 6.10 Å². The fraction of sp³-hybridized carbons (Fsp3) is 0.455. The van der Waals surface area contributed by atoms with E-state index < -0.39 is 0 Å². The van der Waals surface area contributed by atoms with E-state index in [4.69, 9.17) is 4.74 Å². The number of rotatable bonds is 2. The molecule has 2 rings (SSSR count). The maximum atomic E-state index is 12.5. The van der Waals surface area contributed by atoms with E-state index in [0.717, 1.165) is 12.8 Å². The summed E-state index contributed by atoms with van der Waals surface area (Å²) < 4.78 is 18.1. The third kappa shape index (κ3) is 2.20. The van der Waals surface area contributed by atoms with Crippen LogP contribution in [0.4, 0.5) is 4.39 Å². The summed E-state index contributed by atoms with van der Waals surface area (Å²) in [4.78, 5) is 0. The minimum Gasteiger partial charge on any atom is -0.490 e. The maximum absolute atomic E-state index is 12.5. The lowest BCUT2D eigenvalue weighted by atomic mass is 10.3. The van der Waals surface area contributed by atoms with Gasteiger partial charge in [-0.05, 0) is 43.9 Å². The average molecular weight is 179 g/mol. The molecule has 0 spiro atoms. The number of ether oxygens (including phenoxy) is 1. The highest BCUT2D eigenvalue weighted by Crippen LogP contribution is 2.23. The molecule has 1 aliphatic rings. The van der Waals surface area contributed by atoms with Crippen LogP contribution in [0.3, 0.4) is 0 Å². The molecule has 1 saturated carbocycles. The van der Waals surface area contributed by atoms with E-state index in [9.17, 15) is 4.39 Å². The Labute approximate surface area is 77.5 Å². The molecular formula is C11H12FO. The highest BCUT2D eigenvalue weighted by Gasteiger charge is 2.16. The zero-order chi connectivity index (χ0) is 9.10. The molecule has 1 fully saturated rings. The van der Waals surface area contributed by atoms with E-state index in [2.05, 4.69) is 6.07 Å². The largest absolute Gasteiger partial charge is 0.490 e. The smallest absolute Gasteiger partial charge is 0.127 e. The second-order valence-electron chi connectivity index (χ2n) is 3.40. The van der Waals surface area contributed by atoms with Crippen molar-refractivity contribution >= 4 is 0 Å². The molecule has 1 aliphatic carbocycles. The lowest BCUT2D eigenvalue weighted by Crippen LogP contribution is -2.10. The number of hydrogen-bond acceptors (Lipinski definition) is 1. The maximum Gasteiger partial charge on any atom is 0.127 e. The minimum atomic E-state index is -0.265. The van der Waals surface area contributed by atoms with Gasteiger partial charge in [0.1, 0.15) is 11.6 Å². The Morgan fingerprint density at radius 3 is 2.69 bits per heavy atom. The first-order chi connectivity index (χ1) is 6.34. The summed E-state index contributed by atoms with van der Waals surface area (Å²) in [6.45, 7) is 0. The van der Waals surface area contributed by atoms with Crippen molar-refractivity contribution in [3.63, 3.8) is 0 Å². The summed E-state index contributed by atoms with van der Waals surface area (Å²) in [5.41, 5.74) is 0. The Morgan fingerprint density at radius 2 is 2.08 bits per heavy atom. The zero-order valence-corrected chi connectivity index (χ0v) is 7.42. The summed E-state index contributed by atoms with van der Waals surface area (Å²) in [6, 6.07) is 7.11. The van der Waals surface area contributed by atoms with Gasteiger partial charge >= 0.3 is 0 Å². The Bertz CT molecular complexity index is 262. The van der Waals surface area contributed by atoms with Crippen LogP contribution >= 0.6 is 0 Å². The van der Waals surface area contributed by atoms with E-state index in [0.29, 0.717) is 11.9 Å². The quantitative estimate of drug-likeness (QED) is 0.678. The number of hydrogen-bond donors (Lipinski definition) is 0. The van der Waals surface area contributed by atoms with Gasteiger partial charge in [-0.15, -0.1) is 0 Å². The van der Waals surface area contributed by atoms with E-state index in [1.807, 2.05) is 0 Å². The molecule has 1 nitrogen and oxygen atoms in total. The molecule has 0 N–H and O–H groups in total. The molecule has 2 heteroatoms. The topological polar surface area (TPSA) is 9.23 Å². The van der Waals surface area contributed by atoms with Crippen molar-refractivity contribution < 1.29 is 9.13 Å². The highest BCUT2D eigenvalue weighted by molar-refractivity contribution is 5.20. The molecule has 13 heavy (non-hydrogen) atoms. The fourth-order valence-corrected chi connectivity index (χ4v) is 1.65. The molecule has 1 aromatic rings. The van der Waals surface area contributed by atoms with Crippen LogP contribution in [0.15, 0.2) is 18.2 Å². The lowest BCUT2D eigenvalue weighted by molar-refractivity contribution is 0.209. The number of halogens is 1. The molecule has 1 radical (unpaired) electrons. The van der Waals surface area contributed by atoms with Crippen molar-refractivity contribution in [2.45, 2.75) is 31.8 Å². The summed E-state index contributed by atoms with van der Waals surface area (Å²) in [7, 11) is 0. The van der Waals surface area contributed by atoms with Gasteiger partial charge in [0.25, 0.3) is 0 Å². The number of benzene rings is 1. The Balaban J connectivity index is 1.97. The molecule has 1 aromatic carbocycles. The van der Waals surface area contributed by atoms with Crippen molar-refractivity contribution in [1.82, 2.24) is 0 Å². The third-order valence-corrected chi connectivity index (χ3v) is 2.34. The second-order valence-corrected chi connectivity index (χ2v) is 3.40. The summed E-state index contributed by atoms with van der Waals surface area (Å²) in [5, 5.41) is 0. The summed E-state index contributed by atoms with van der Waals surface area (Å²) in [5.74, 6) is 0.395. The molecule has 0 bridgehead atoms.